The maximum atomic E-state index is 5.04. The van der Waals surface area contributed by atoms with Crippen molar-refractivity contribution in [2.24, 2.45) is 0 Å². The first-order valence-corrected chi connectivity index (χ1v) is 11.6. The van der Waals surface area contributed by atoms with Crippen LogP contribution in [0.2, 0.25) is 0 Å². The normalized spacial score (nSPS) is 14.8. The van der Waals surface area contributed by atoms with E-state index in [-0.39, 0.29) is 12.4 Å². The summed E-state index contributed by atoms with van der Waals surface area (Å²) in [6.07, 6.45) is 2.45. The predicted octanol–water partition coefficient (Wildman–Crippen LogP) is 6.79. The first-order chi connectivity index (χ1) is 15.3. The molecule has 1 aromatic heterocycles. The van der Waals surface area contributed by atoms with Gasteiger partial charge in [0.15, 0.2) is 0 Å². The van der Waals surface area contributed by atoms with E-state index in [1.165, 1.54) is 40.3 Å². The molecule has 3 nitrogen and oxygen atoms in total. The lowest BCUT2D eigenvalue weighted by atomic mass is 10.00. The van der Waals surface area contributed by atoms with Crippen LogP contribution in [-0.4, -0.2) is 42.1 Å². The fourth-order valence-electron chi connectivity index (χ4n) is 5.13. The minimum Gasteiger partial charge on any atom is -0.371 e. The summed E-state index contributed by atoms with van der Waals surface area (Å²) in [6.45, 7) is 9.06. The first-order valence-electron chi connectivity index (χ1n) is 11.6. The van der Waals surface area contributed by atoms with Crippen LogP contribution in [0.5, 0.6) is 0 Å². The summed E-state index contributed by atoms with van der Waals surface area (Å²) < 4.78 is 0. The molecule has 0 spiro atoms. The number of pyridine rings is 1. The SMILES string of the molecule is CCN(CC)C1CCN(c2cc(-c3ccc4ccccc4c3)nc3ccccc23)CC1.Cl. The van der Waals surface area contributed by atoms with Gasteiger partial charge in [0.2, 0.25) is 0 Å². The lowest BCUT2D eigenvalue weighted by molar-refractivity contribution is 0.186. The van der Waals surface area contributed by atoms with Crippen LogP contribution in [-0.2, 0) is 0 Å². The van der Waals surface area contributed by atoms with E-state index < -0.39 is 0 Å². The van der Waals surface area contributed by atoms with E-state index in [1.54, 1.807) is 0 Å². The largest absolute Gasteiger partial charge is 0.371 e. The van der Waals surface area contributed by atoms with Crippen LogP contribution in [0, 0.1) is 0 Å². The molecule has 32 heavy (non-hydrogen) atoms. The molecule has 0 radical (unpaired) electrons. The van der Waals surface area contributed by atoms with Gasteiger partial charge in [0, 0.05) is 35.8 Å². The fourth-order valence-corrected chi connectivity index (χ4v) is 5.13. The Bertz CT molecular complexity index is 1190. The number of hydrogen-bond acceptors (Lipinski definition) is 3. The molecule has 0 saturated carbocycles. The number of hydrogen-bond donors (Lipinski definition) is 0. The molecule has 166 valence electrons. The summed E-state index contributed by atoms with van der Waals surface area (Å²) in [7, 11) is 0. The highest BCUT2D eigenvalue weighted by atomic mass is 35.5. The van der Waals surface area contributed by atoms with Gasteiger partial charge in [0.1, 0.15) is 0 Å². The molecular formula is C28H32ClN3. The average Bonchev–Trinajstić information content (AvgIpc) is 2.84. The molecule has 0 unspecified atom stereocenters. The van der Waals surface area contributed by atoms with E-state index in [2.05, 4.69) is 96.4 Å². The molecule has 4 aromatic rings. The Morgan fingerprint density at radius 2 is 1.53 bits per heavy atom. The highest BCUT2D eigenvalue weighted by molar-refractivity contribution is 5.95. The minimum absolute atomic E-state index is 0. The number of aromatic nitrogens is 1. The fraction of sp³-hybridized carbons (Fsp3) is 0.321. The predicted molar refractivity (Wildman–Crippen MR) is 140 cm³/mol. The number of halogens is 1. The molecular weight excluding hydrogens is 414 g/mol. The molecule has 0 atom stereocenters. The zero-order chi connectivity index (χ0) is 21.2. The molecule has 0 aliphatic carbocycles. The third-order valence-corrected chi connectivity index (χ3v) is 6.87. The van der Waals surface area contributed by atoms with Gasteiger partial charge < -0.3 is 9.80 Å². The standard InChI is InChI=1S/C28H31N3.ClH/c1-3-30(4-2)24-15-17-31(18-16-24)28-20-27(29-26-12-8-7-11-25(26)28)23-14-13-21-9-5-6-10-22(21)19-23;/h5-14,19-20,24H,3-4,15-18H2,1-2H3;1H. The summed E-state index contributed by atoms with van der Waals surface area (Å²) in [4.78, 5) is 10.2. The zero-order valence-corrected chi connectivity index (χ0v) is 19.8. The van der Waals surface area contributed by atoms with Crippen molar-refractivity contribution in [2.75, 3.05) is 31.1 Å². The average molecular weight is 446 g/mol. The van der Waals surface area contributed by atoms with Crippen molar-refractivity contribution in [3.63, 3.8) is 0 Å². The van der Waals surface area contributed by atoms with Crippen LogP contribution in [0.15, 0.2) is 72.8 Å². The molecule has 5 rings (SSSR count). The zero-order valence-electron chi connectivity index (χ0n) is 19.0. The Hall–Kier alpha value is -2.62. The van der Waals surface area contributed by atoms with Gasteiger partial charge in [-0.25, -0.2) is 4.98 Å². The number of fused-ring (bicyclic) bond motifs is 2. The van der Waals surface area contributed by atoms with Gasteiger partial charge in [-0.1, -0.05) is 68.4 Å². The van der Waals surface area contributed by atoms with Crippen molar-refractivity contribution < 1.29 is 0 Å². The molecule has 3 aromatic carbocycles. The van der Waals surface area contributed by atoms with Crippen LogP contribution in [0.1, 0.15) is 26.7 Å². The number of anilines is 1. The van der Waals surface area contributed by atoms with Gasteiger partial charge in [0.25, 0.3) is 0 Å². The topological polar surface area (TPSA) is 19.4 Å². The molecule has 0 bridgehead atoms. The summed E-state index contributed by atoms with van der Waals surface area (Å²) in [5.41, 5.74) is 4.65. The van der Waals surface area contributed by atoms with E-state index in [1.807, 2.05) is 0 Å². The number of piperidine rings is 1. The first kappa shape index (κ1) is 22.6. The van der Waals surface area contributed by atoms with Crippen LogP contribution in [0.3, 0.4) is 0 Å². The van der Waals surface area contributed by atoms with E-state index in [9.17, 15) is 0 Å². The van der Waals surface area contributed by atoms with Crippen LogP contribution < -0.4 is 4.90 Å². The summed E-state index contributed by atoms with van der Waals surface area (Å²) in [5.74, 6) is 0. The Morgan fingerprint density at radius 1 is 0.844 bits per heavy atom. The van der Waals surface area contributed by atoms with Crippen molar-refractivity contribution in [3.05, 3.63) is 72.8 Å². The van der Waals surface area contributed by atoms with Crippen molar-refractivity contribution in [1.29, 1.82) is 0 Å². The van der Waals surface area contributed by atoms with E-state index >= 15 is 0 Å². The molecule has 0 N–H and O–H groups in total. The highest BCUT2D eigenvalue weighted by Gasteiger charge is 2.24. The maximum absolute atomic E-state index is 5.04. The van der Waals surface area contributed by atoms with E-state index in [0.29, 0.717) is 6.04 Å². The van der Waals surface area contributed by atoms with Gasteiger partial charge in [-0.3, -0.25) is 0 Å². The van der Waals surface area contributed by atoms with Crippen molar-refractivity contribution >= 4 is 39.8 Å². The molecule has 1 aliphatic heterocycles. The summed E-state index contributed by atoms with van der Waals surface area (Å²) in [6, 6.07) is 26.8. The van der Waals surface area contributed by atoms with E-state index in [4.69, 9.17) is 4.98 Å². The quantitative estimate of drug-likeness (QED) is 0.337. The molecule has 2 heterocycles. The minimum atomic E-state index is 0. The summed E-state index contributed by atoms with van der Waals surface area (Å²) in [5, 5.41) is 3.79. The third-order valence-electron chi connectivity index (χ3n) is 6.87. The molecule has 4 heteroatoms. The Kier molecular flexibility index (Phi) is 6.98. The molecule has 1 saturated heterocycles. The molecule has 1 aliphatic rings. The van der Waals surface area contributed by atoms with Crippen molar-refractivity contribution in [1.82, 2.24) is 9.88 Å². The Morgan fingerprint density at radius 3 is 2.28 bits per heavy atom. The second kappa shape index (κ2) is 9.89. The lowest BCUT2D eigenvalue weighted by Crippen LogP contribution is -2.44. The van der Waals surface area contributed by atoms with Gasteiger partial charge in [-0.15, -0.1) is 12.4 Å². The van der Waals surface area contributed by atoms with Crippen LogP contribution in [0.25, 0.3) is 32.9 Å². The molecule has 0 amide bonds. The Labute approximate surface area is 197 Å². The van der Waals surface area contributed by atoms with Gasteiger partial charge in [-0.2, -0.15) is 0 Å². The van der Waals surface area contributed by atoms with Gasteiger partial charge in [-0.05, 0) is 54.9 Å². The highest BCUT2D eigenvalue weighted by Crippen LogP contribution is 2.34. The van der Waals surface area contributed by atoms with Crippen LogP contribution in [0.4, 0.5) is 5.69 Å². The monoisotopic (exact) mass is 445 g/mol. The van der Waals surface area contributed by atoms with Crippen molar-refractivity contribution in [3.8, 4) is 11.3 Å². The summed E-state index contributed by atoms with van der Waals surface area (Å²) >= 11 is 0. The lowest BCUT2D eigenvalue weighted by Gasteiger charge is -2.39. The molecule has 1 fully saturated rings. The second-order valence-corrected chi connectivity index (χ2v) is 8.55. The third kappa shape index (κ3) is 4.32. The van der Waals surface area contributed by atoms with Crippen molar-refractivity contribution in [2.45, 2.75) is 32.7 Å². The van der Waals surface area contributed by atoms with E-state index in [0.717, 1.165) is 37.4 Å². The van der Waals surface area contributed by atoms with Gasteiger partial charge >= 0.3 is 0 Å². The Balaban J connectivity index is 0.00000245. The number of benzene rings is 3. The second-order valence-electron chi connectivity index (χ2n) is 8.55. The number of rotatable bonds is 5. The maximum Gasteiger partial charge on any atom is 0.0730 e. The number of para-hydroxylation sites is 1. The smallest absolute Gasteiger partial charge is 0.0730 e. The van der Waals surface area contributed by atoms with Gasteiger partial charge in [0.05, 0.1) is 11.2 Å². The van der Waals surface area contributed by atoms with Crippen LogP contribution >= 0.6 is 12.4 Å². The number of nitrogens with zero attached hydrogens (tertiary/aromatic N) is 3.